The second-order valence-electron chi connectivity index (χ2n) is 6.72. The average molecular weight is 395 g/mol. The van der Waals surface area contributed by atoms with Crippen molar-refractivity contribution in [2.24, 2.45) is 5.73 Å². The number of nitrogens with two attached hydrogens (primary N) is 1. The van der Waals surface area contributed by atoms with Crippen molar-refractivity contribution in [3.8, 4) is 0 Å². The Labute approximate surface area is 167 Å². The zero-order chi connectivity index (χ0) is 18.6. The number of nitrogens with one attached hydrogen (secondary N) is 2. The van der Waals surface area contributed by atoms with Crippen LogP contribution in [0.5, 0.6) is 0 Å². The van der Waals surface area contributed by atoms with Crippen LogP contribution in [-0.4, -0.2) is 32.6 Å². The van der Waals surface area contributed by atoms with Gasteiger partial charge in [-0.2, -0.15) is 0 Å². The third-order valence-electron chi connectivity index (χ3n) is 4.51. The van der Waals surface area contributed by atoms with Crippen LogP contribution < -0.4 is 11.1 Å². The van der Waals surface area contributed by atoms with Gasteiger partial charge in [0.05, 0.1) is 6.04 Å². The fourth-order valence-electron chi connectivity index (χ4n) is 2.86. The number of halogens is 1. The molecule has 0 aliphatic heterocycles. The van der Waals surface area contributed by atoms with Crippen molar-refractivity contribution in [3.05, 3.63) is 35.4 Å². The monoisotopic (exact) mass is 394 g/mol. The largest absolute Gasteiger partial charge is 0.320 e. The maximum Gasteiger partial charge on any atom is 0.246 e. The summed E-state index contributed by atoms with van der Waals surface area (Å²) in [6.45, 7) is 2.24. The fourth-order valence-corrected chi connectivity index (χ4v) is 2.86. The number of unbranched alkanes of at least 4 members (excludes halogenated alkanes) is 5. The minimum atomic E-state index is -0.595. The van der Waals surface area contributed by atoms with Crippen LogP contribution >= 0.6 is 12.4 Å². The van der Waals surface area contributed by atoms with Gasteiger partial charge in [0.2, 0.25) is 11.9 Å². The summed E-state index contributed by atoms with van der Waals surface area (Å²) in [4.78, 5) is 11.9. The molecule has 27 heavy (non-hydrogen) atoms. The molecule has 0 aliphatic rings. The van der Waals surface area contributed by atoms with E-state index in [1.807, 2.05) is 0 Å². The van der Waals surface area contributed by atoms with Gasteiger partial charge in [0.15, 0.2) is 0 Å². The molecule has 0 saturated heterocycles. The first-order chi connectivity index (χ1) is 12.7. The molecular formula is C19H31ClN6O. The van der Waals surface area contributed by atoms with Crippen LogP contribution in [0.15, 0.2) is 24.3 Å². The van der Waals surface area contributed by atoms with Gasteiger partial charge in [-0.25, -0.2) is 5.10 Å². The van der Waals surface area contributed by atoms with Crippen molar-refractivity contribution in [1.29, 1.82) is 0 Å². The highest BCUT2D eigenvalue weighted by Gasteiger charge is 2.14. The van der Waals surface area contributed by atoms with Crippen molar-refractivity contribution in [2.45, 2.75) is 70.8 Å². The number of rotatable bonds is 12. The zero-order valence-electron chi connectivity index (χ0n) is 16.0. The summed E-state index contributed by atoms with van der Waals surface area (Å²) in [5.41, 5.74) is 8.51. The number of tetrazole rings is 1. The van der Waals surface area contributed by atoms with Crippen molar-refractivity contribution in [3.63, 3.8) is 0 Å². The van der Waals surface area contributed by atoms with E-state index in [-0.39, 0.29) is 24.3 Å². The Morgan fingerprint density at radius 2 is 1.70 bits per heavy atom. The molecule has 7 nitrogen and oxygen atoms in total. The van der Waals surface area contributed by atoms with Crippen LogP contribution in [-0.2, 0) is 17.6 Å². The van der Waals surface area contributed by atoms with Gasteiger partial charge in [-0.15, -0.1) is 12.4 Å². The standard InChI is InChI=1S/C19H30N6O.ClH/c1-2-3-4-5-6-7-8-15-9-11-16(12-10-15)13-14-17(20)18(26)21-19-22-24-25-23-19;/h9-12,17H,2-8,13-14,20H2,1H3,(H2,21,22,23,24,25,26);1H. The van der Waals surface area contributed by atoms with Crippen LogP contribution in [0.1, 0.15) is 63.0 Å². The van der Waals surface area contributed by atoms with E-state index >= 15 is 0 Å². The number of benzene rings is 1. The highest BCUT2D eigenvalue weighted by atomic mass is 35.5. The van der Waals surface area contributed by atoms with E-state index in [0.29, 0.717) is 6.42 Å². The molecule has 0 saturated carbocycles. The van der Waals surface area contributed by atoms with Crippen molar-refractivity contribution in [1.82, 2.24) is 20.6 Å². The van der Waals surface area contributed by atoms with Crippen LogP contribution in [0.2, 0.25) is 0 Å². The molecule has 8 heteroatoms. The average Bonchev–Trinajstić information content (AvgIpc) is 3.16. The minimum absolute atomic E-state index is 0. The normalized spacial score (nSPS) is 11.6. The van der Waals surface area contributed by atoms with E-state index in [2.05, 4.69) is 57.1 Å². The van der Waals surface area contributed by atoms with Gasteiger partial charge >= 0.3 is 0 Å². The molecule has 0 radical (unpaired) electrons. The molecule has 1 aromatic carbocycles. The third-order valence-corrected chi connectivity index (χ3v) is 4.51. The van der Waals surface area contributed by atoms with E-state index < -0.39 is 6.04 Å². The lowest BCUT2D eigenvalue weighted by molar-refractivity contribution is -0.117. The number of H-pyrrole nitrogens is 1. The number of aryl methyl sites for hydroxylation is 2. The first-order valence-corrected chi connectivity index (χ1v) is 9.57. The van der Waals surface area contributed by atoms with Gasteiger partial charge in [0.25, 0.3) is 0 Å². The topological polar surface area (TPSA) is 110 Å². The summed E-state index contributed by atoms with van der Waals surface area (Å²) < 4.78 is 0. The summed E-state index contributed by atoms with van der Waals surface area (Å²) in [7, 11) is 0. The van der Waals surface area contributed by atoms with Crippen LogP contribution in [0, 0.1) is 0 Å². The lowest BCUT2D eigenvalue weighted by Crippen LogP contribution is -2.36. The van der Waals surface area contributed by atoms with Gasteiger partial charge in [0, 0.05) is 0 Å². The van der Waals surface area contributed by atoms with Crippen molar-refractivity contribution in [2.75, 3.05) is 5.32 Å². The Balaban J connectivity index is 0.00000364. The van der Waals surface area contributed by atoms with E-state index in [4.69, 9.17) is 5.73 Å². The highest BCUT2D eigenvalue weighted by molar-refractivity contribution is 5.93. The Kier molecular flexibility index (Phi) is 11.3. The molecule has 2 aromatic rings. The Hall–Kier alpha value is -1.99. The van der Waals surface area contributed by atoms with Crippen LogP contribution in [0.4, 0.5) is 5.95 Å². The third kappa shape index (κ3) is 8.97. The molecule has 1 amide bonds. The van der Waals surface area contributed by atoms with Crippen LogP contribution in [0.3, 0.4) is 0 Å². The number of aromatic nitrogens is 4. The second kappa shape index (κ2) is 13.2. The Morgan fingerprint density at radius 1 is 1.07 bits per heavy atom. The maximum absolute atomic E-state index is 11.9. The molecule has 0 spiro atoms. The van der Waals surface area contributed by atoms with E-state index in [1.165, 1.54) is 49.7 Å². The molecule has 4 N–H and O–H groups in total. The molecule has 0 bridgehead atoms. The minimum Gasteiger partial charge on any atom is -0.320 e. The Morgan fingerprint density at radius 3 is 2.33 bits per heavy atom. The SMILES string of the molecule is CCCCCCCCc1ccc(CCC(N)C(=O)Nc2nnn[nH]2)cc1.Cl. The molecule has 0 fully saturated rings. The van der Waals surface area contributed by atoms with E-state index in [0.717, 1.165) is 12.8 Å². The fraction of sp³-hybridized carbons (Fsp3) is 0.579. The van der Waals surface area contributed by atoms with Crippen molar-refractivity contribution >= 4 is 24.3 Å². The first kappa shape index (κ1) is 23.0. The molecular weight excluding hydrogens is 364 g/mol. The number of nitrogens with zero attached hydrogens (tertiary/aromatic N) is 3. The smallest absolute Gasteiger partial charge is 0.246 e. The second-order valence-corrected chi connectivity index (χ2v) is 6.72. The molecule has 0 aliphatic carbocycles. The predicted molar refractivity (Wildman–Crippen MR) is 110 cm³/mol. The lowest BCUT2D eigenvalue weighted by Gasteiger charge is -2.10. The number of hydrogen-bond donors (Lipinski definition) is 3. The first-order valence-electron chi connectivity index (χ1n) is 9.57. The van der Waals surface area contributed by atoms with Gasteiger partial charge in [-0.1, -0.05) is 68.4 Å². The Bertz CT molecular complexity index is 632. The van der Waals surface area contributed by atoms with Crippen molar-refractivity contribution < 1.29 is 4.79 Å². The number of hydrogen-bond acceptors (Lipinski definition) is 5. The summed E-state index contributed by atoms with van der Waals surface area (Å²) >= 11 is 0. The lowest BCUT2D eigenvalue weighted by atomic mass is 10.0. The molecule has 1 atom stereocenters. The van der Waals surface area contributed by atoms with Gasteiger partial charge in [-0.3, -0.25) is 10.1 Å². The van der Waals surface area contributed by atoms with Gasteiger partial charge in [-0.05, 0) is 47.2 Å². The summed E-state index contributed by atoms with van der Waals surface area (Å²) in [6.07, 6.45) is 10.4. The maximum atomic E-state index is 11.9. The summed E-state index contributed by atoms with van der Waals surface area (Å²) in [5, 5.41) is 15.4. The molecule has 1 unspecified atom stereocenters. The van der Waals surface area contributed by atoms with E-state index in [1.54, 1.807) is 0 Å². The number of carbonyl (C=O) groups excluding carboxylic acids is 1. The molecule has 1 aromatic heterocycles. The molecule has 1 heterocycles. The highest BCUT2D eigenvalue weighted by Crippen LogP contribution is 2.12. The number of aromatic amines is 1. The molecule has 2 rings (SSSR count). The van der Waals surface area contributed by atoms with E-state index in [9.17, 15) is 4.79 Å². The predicted octanol–water partition coefficient (Wildman–Crippen LogP) is 3.42. The van der Waals surface area contributed by atoms with Gasteiger partial charge in [0.1, 0.15) is 0 Å². The molecule has 150 valence electrons. The summed E-state index contributed by atoms with van der Waals surface area (Å²) in [5.74, 6) is -0.0762. The number of anilines is 1. The number of carbonyl (C=O) groups is 1. The summed E-state index contributed by atoms with van der Waals surface area (Å²) in [6, 6.07) is 8.05. The zero-order valence-corrected chi connectivity index (χ0v) is 16.8. The number of amides is 1. The van der Waals surface area contributed by atoms with Gasteiger partial charge < -0.3 is 5.73 Å². The van der Waals surface area contributed by atoms with Crippen LogP contribution in [0.25, 0.3) is 0 Å². The quantitative estimate of drug-likeness (QED) is 0.478.